The van der Waals surface area contributed by atoms with Gasteiger partial charge in [0.2, 0.25) is 0 Å². The maximum Gasteiger partial charge on any atom is 0.474 e. The van der Waals surface area contributed by atoms with Crippen LogP contribution < -0.4 is 0 Å². The number of rotatable bonds is 17. The van der Waals surface area contributed by atoms with Gasteiger partial charge in [0.05, 0.1) is 56.9 Å². The van der Waals surface area contributed by atoms with Gasteiger partial charge in [-0.05, 0) is 26.7 Å². The van der Waals surface area contributed by atoms with E-state index in [2.05, 4.69) is 0 Å². The topological polar surface area (TPSA) is 82.4 Å². The number of epoxide rings is 3. The maximum atomic E-state index is 12.1. The summed E-state index contributed by atoms with van der Waals surface area (Å²) in [5.74, 6) is 0. The Morgan fingerprint density at radius 1 is 0.815 bits per heavy atom. The summed E-state index contributed by atoms with van der Waals surface area (Å²) in [6.45, 7) is 5.54. The Hall–Kier alpha value is -0.0100. The Bertz CT molecular complexity index is 475. The highest BCUT2D eigenvalue weighted by atomic mass is 31.2. The molecule has 8 heteroatoms. The summed E-state index contributed by atoms with van der Waals surface area (Å²) < 4.78 is 44.4. The normalized spacial score (nSPS) is 31.9. The zero-order chi connectivity index (χ0) is 19.1. The van der Waals surface area contributed by atoms with E-state index in [0.29, 0.717) is 50.3 Å². The molecule has 3 fully saturated rings. The second-order valence-electron chi connectivity index (χ2n) is 7.53. The molecule has 0 bridgehead atoms. The van der Waals surface area contributed by atoms with Crippen LogP contribution in [0.1, 0.15) is 65.2 Å². The van der Waals surface area contributed by atoms with Gasteiger partial charge < -0.3 is 14.2 Å². The van der Waals surface area contributed by atoms with Gasteiger partial charge in [-0.25, -0.2) is 4.57 Å². The molecule has 0 aromatic carbocycles. The SMILES string of the molecule is CCOP(=O)(OCC)OCCCCCCCC1OC1CC1OC1CC1CO1. The summed E-state index contributed by atoms with van der Waals surface area (Å²) in [7, 11) is -3.34. The fraction of sp³-hybridized carbons (Fsp3) is 1.00. The Labute approximate surface area is 163 Å². The monoisotopic (exact) mass is 406 g/mol. The summed E-state index contributed by atoms with van der Waals surface area (Å²) in [4.78, 5) is 0. The number of hydrogen-bond donors (Lipinski definition) is 0. The zero-order valence-electron chi connectivity index (χ0n) is 16.7. The summed E-state index contributed by atoms with van der Waals surface area (Å²) in [6.07, 6.45) is 10.9. The van der Waals surface area contributed by atoms with Crippen molar-refractivity contribution in [3.63, 3.8) is 0 Å². The molecule has 0 radical (unpaired) electrons. The molecule has 158 valence electrons. The van der Waals surface area contributed by atoms with Crippen molar-refractivity contribution in [1.82, 2.24) is 0 Å². The van der Waals surface area contributed by atoms with Crippen LogP contribution in [0.5, 0.6) is 0 Å². The Balaban J connectivity index is 1.11. The first-order chi connectivity index (χ1) is 13.1. The van der Waals surface area contributed by atoms with Gasteiger partial charge in [0.25, 0.3) is 0 Å². The molecule has 0 N–H and O–H groups in total. The Morgan fingerprint density at radius 3 is 2.11 bits per heavy atom. The molecule has 0 spiro atoms. The molecule has 3 aliphatic rings. The first-order valence-corrected chi connectivity index (χ1v) is 12.1. The molecule has 27 heavy (non-hydrogen) atoms. The molecule has 7 nitrogen and oxygen atoms in total. The van der Waals surface area contributed by atoms with E-state index in [4.69, 9.17) is 27.8 Å². The van der Waals surface area contributed by atoms with E-state index in [1.165, 1.54) is 12.8 Å². The predicted octanol–water partition coefficient (Wildman–Crippen LogP) is 4.24. The lowest BCUT2D eigenvalue weighted by Gasteiger charge is -2.16. The molecular weight excluding hydrogens is 371 g/mol. The highest BCUT2D eigenvalue weighted by Gasteiger charge is 2.49. The lowest BCUT2D eigenvalue weighted by Crippen LogP contribution is -2.03. The van der Waals surface area contributed by atoms with E-state index in [1.807, 2.05) is 0 Å². The summed E-state index contributed by atoms with van der Waals surface area (Å²) in [5, 5.41) is 0. The Morgan fingerprint density at radius 2 is 1.41 bits per heavy atom. The minimum Gasteiger partial charge on any atom is -0.373 e. The van der Waals surface area contributed by atoms with Crippen LogP contribution in [-0.4, -0.2) is 56.9 Å². The fourth-order valence-electron chi connectivity index (χ4n) is 3.51. The number of hydrogen-bond acceptors (Lipinski definition) is 7. The summed E-state index contributed by atoms with van der Waals surface area (Å²) in [6, 6.07) is 0. The van der Waals surface area contributed by atoms with Gasteiger partial charge in [-0.1, -0.05) is 25.7 Å². The van der Waals surface area contributed by atoms with Crippen molar-refractivity contribution in [3.05, 3.63) is 0 Å². The van der Waals surface area contributed by atoms with Crippen LogP contribution in [0.25, 0.3) is 0 Å². The van der Waals surface area contributed by atoms with Crippen molar-refractivity contribution in [2.75, 3.05) is 26.4 Å². The first kappa shape index (κ1) is 21.7. The summed E-state index contributed by atoms with van der Waals surface area (Å²) >= 11 is 0. The molecule has 3 saturated heterocycles. The van der Waals surface area contributed by atoms with E-state index in [9.17, 15) is 4.57 Å². The van der Waals surface area contributed by atoms with Crippen LogP contribution in [0.15, 0.2) is 0 Å². The molecule has 5 unspecified atom stereocenters. The summed E-state index contributed by atoms with van der Waals surface area (Å²) in [5.41, 5.74) is 0. The molecule has 5 atom stereocenters. The largest absolute Gasteiger partial charge is 0.474 e. The van der Waals surface area contributed by atoms with Crippen LogP contribution in [-0.2, 0) is 32.3 Å². The van der Waals surface area contributed by atoms with E-state index < -0.39 is 7.82 Å². The molecule has 0 aliphatic carbocycles. The standard InChI is InChI=1S/C19H35O7P/c1-3-22-27(20,23-4-2)24-11-9-7-5-6-8-10-16-18(25-16)13-19-17(26-19)12-15-14-21-15/h15-19H,3-14H2,1-2H3. The second kappa shape index (κ2) is 10.7. The number of ether oxygens (including phenoxy) is 3. The smallest absolute Gasteiger partial charge is 0.373 e. The van der Waals surface area contributed by atoms with E-state index >= 15 is 0 Å². The molecule has 3 aliphatic heterocycles. The lowest BCUT2D eigenvalue weighted by atomic mass is 10.0. The van der Waals surface area contributed by atoms with E-state index in [-0.39, 0.29) is 0 Å². The lowest BCUT2D eigenvalue weighted by molar-refractivity contribution is 0.120. The molecule has 0 amide bonds. The van der Waals surface area contributed by atoms with Gasteiger partial charge in [-0.2, -0.15) is 0 Å². The van der Waals surface area contributed by atoms with Gasteiger partial charge in [0, 0.05) is 12.8 Å². The van der Waals surface area contributed by atoms with Crippen molar-refractivity contribution in [2.45, 2.75) is 95.7 Å². The number of unbranched alkanes of at least 4 members (excludes halogenated alkanes) is 4. The van der Waals surface area contributed by atoms with Crippen molar-refractivity contribution in [3.8, 4) is 0 Å². The van der Waals surface area contributed by atoms with Crippen LogP contribution in [0, 0.1) is 0 Å². The van der Waals surface area contributed by atoms with Crippen molar-refractivity contribution in [1.29, 1.82) is 0 Å². The van der Waals surface area contributed by atoms with Crippen molar-refractivity contribution >= 4 is 7.82 Å². The van der Waals surface area contributed by atoms with Gasteiger partial charge in [-0.3, -0.25) is 13.6 Å². The average Bonchev–Trinajstić information content (AvgIpc) is 3.50. The number of phosphoric acid groups is 1. The quantitative estimate of drug-likeness (QED) is 0.203. The molecule has 0 aromatic heterocycles. The third-order valence-corrected chi connectivity index (χ3v) is 6.84. The van der Waals surface area contributed by atoms with E-state index in [1.54, 1.807) is 13.8 Å². The maximum absolute atomic E-state index is 12.1. The predicted molar refractivity (Wildman–Crippen MR) is 101 cm³/mol. The fourth-order valence-corrected chi connectivity index (χ4v) is 4.72. The van der Waals surface area contributed by atoms with Crippen LogP contribution in [0.4, 0.5) is 0 Å². The first-order valence-electron chi connectivity index (χ1n) is 10.6. The zero-order valence-corrected chi connectivity index (χ0v) is 17.6. The molecule has 0 aromatic rings. The minimum atomic E-state index is -3.34. The molecular formula is C19H35O7P. The van der Waals surface area contributed by atoms with Crippen LogP contribution >= 0.6 is 7.82 Å². The van der Waals surface area contributed by atoms with Gasteiger partial charge in [-0.15, -0.1) is 0 Å². The molecule has 0 saturated carbocycles. The second-order valence-corrected chi connectivity index (χ2v) is 9.19. The third kappa shape index (κ3) is 8.09. The van der Waals surface area contributed by atoms with Crippen molar-refractivity contribution < 1.29 is 32.3 Å². The van der Waals surface area contributed by atoms with Gasteiger partial charge in [0.1, 0.15) is 0 Å². The molecule has 3 rings (SSSR count). The highest BCUT2D eigenvalue weighted by Crippen LogP contribution is 2.49. The molecule has 3 heterocycles. The van der Waals surface area contributed by atoms with Crippen LogP contribution in [0.2, 0.25) is 0 Å². The average molecular weight is 406 g/mol. The minimum absolute atomic E-state index is 0.323. The van der Waals surface area contributed by atoms with E-state index in [0.717, 1.165) is 45.1 Å². The third-order valence-electron chi connectivity index (χ3n) is 5.19. The van der Waals surface area contributed by atoms with Gasteiger partial charge in [0.15, 0.2) is 0 Å². The highest BCUT2D eigenvalue weighted by molar-refractivity contribution is 7.48. The van der Waals surface area contributed by atoms with Crippen molar-refractivity contribution in [2.24, 2.45) is 0 Å². The van der Waals surface area contributed by atoms with Crippen LogP contribution in [0.3, 0.4) is 0 Å². The van der Waals surface area contributed by atoms with Gasteiger partial charge >= 0.3 is 7.82 Å². The number of phosphoric ester groups is 1. The Kier molecular flexibility index (Phi) is 8.58.